The smallest absolute Gasteiger partial charge is 0.287 e. The Hall–Kier alpha value is -2.87. The number of anilines is 2. The summed E-state index contributed by atoms with van der Waals surface area (Å²) in [4.78, 5) is 12.3. The highest BCUT2D eigenvalue weighted by molar-refractivity contribution is 5.67. The molecular weight excluding hydrogens is 266 g/mol. The van der Waals surface area contributed by atoms with Gasteiger partial charge in [-0.05, 0) is 38.1 Å². The van der Waals surface area contributed by atoms with Gasteiger partial charge in [-0.15, -0.1) is 0 Å². The Bertz CT molecular complexity index is 702. The zero-order valence-corrected chi connectivity index (χ0v) is 11.9. The van der Waals surface area contributed by atoms with E-state index in [-0.39, 0.29) is 11.3 Å². The van der Waals surface area contributed by atoms with E-state index in [0.717, 1.165) is 16.9 Å². The molecule has 5 heteroatoms. The van der Waals surface area contributed by atoms with Crippen molar-refractivity contribution < 1.29 is 4.92 Å². The fourth-order valence-corrected chi connectivity index (χ4v) is 2.18. The Balaban J connectivity index is 2.46. The van der Waals surface area contributed by atoms with Gasteiger partial charge in [0.25, 0.3) is 5.69 Å². The molecule has 0 saturated heterocycles. The molecule has 0 aromatic heterocycles. The van der Waals surface area contributed by atoms with Crippen molar-refractivity contribution in [3.05, 3.63) is 63.7 Å². The molecule has 2 aromatic carbocycles. The molecule has 0 N–H and O–H groups in total. The third-order valence-electron chi connectivity index (χ3n) is 3.27. The van der Waals surface area contributed by atoms with Crippen molar-refractivity contribution in [3.63, 3.8) is 0 Å². The first-order valence-corrected chi connectivity index (χ1v) is 6.59. The molecule has 0 spiro atoms. The maximum Gasteiger partial charge on any atom is 0.287 e. The van der Waals surface area contributed by atoms with E-state index in [4.69, 9.17) is 5.26 Å². The maximum atomic E-state index is 10.9. The lowest BCUT2D eigenvalue weighted by molar-refractivity contribution is -0.385. The van der Waals surface area contributed by atoms with Crippen molar-refractivity contribution in [3.8, 4) is 6.07 Å². The SMILES string of the molecule is CCN(c1ccc(C)cc1)c1ccc([N+](=O)[O-])c(C#N)c1. The fourth-order valence-electron chi connectivity index (χ4n) is 2.18. The summed E-state index contributed by atoms with van der Waals surface area (Å²) in [7, 11) is 0. The van der Waals surface area contributed by atoms with Gasteiger partial charge in [-0.3, -0.25) is 10.1 Å². The van der Waals surface area contributed by atoms with E-state index in [9.17, 15) is 10.1 Å². The highest BCUT2D eigenvalue weighted by Gasteiger charge is 2.16. The normalized spacial score (nSPS) is 9.95. The molecule has 0 aliphatic carbocycles. The van der Waals surface area contributed by atoms with Crippen molar-refractivity contribution >= 4 is 17.1 Å². The van der Waals surface area contributed by atoms with E-state index in [1.54, 1.807) is 12.1 Å². The third-order valence-corrected chi connectivity index (χ3v) is 3.27. The summed E-state index contributed by atoms with van der Waals surface area (Å²) in [5.41, 5.74) is 2.82. The molecule has 0 atom stereocenters. The van der Waals surface area contributed by atoms with Gasteiger partial charge in [0.15, 0.2) is 0 Å². The topological polar surface area (TPSA) is 70.2 Å². The molecule has 2 aromatic rings. The molecule has 0 fully saturated rings. The second-order valence-corrected chi connectivity index (χ2v) is 4.65. The highest BCUT2D eigenvalue weighted by Crippen LogP contribution is 2.29. The van der Waals surface area contributed by atoms with Crippen LogP contribution in [0.25, 0.3) is 0 Å². The first kappa shape index (κ1) is 14.5. The Morgan fingerprint density at radius 3 is 2.33 bits per heavy atom. The van der Waals surface area contributed by atoms with Gasteiger partial charge >= 0.3 is 0 Å². The summed E-state index contributed by atoms with van der Waals surface area (Å²) in [6, 6.07) is 14.5. The minimum absolute atomic E-state index is 0.0723. The summed E-state index contributed by atoms with van der Waals surface area (Å²) in [6.07, 6.45) is 0. The van der Waals surface area contributed by atoms with Gasteiger partial charge < -0.3 is 4.90 Å². The Kier molecular flexibility index (Phi) is 4.19. The molecule has 2 rings (SSSR count). The number of hydrogen-bond acceptors (Lipinski definition) is 4. The molecule has 0 aliphatic heterocycles. The number of nitro groups is 1. The van der Waals surface area contributed by atoms with Gasteiger partial charge in [0, 0.05) is 24.0 Å². The molecule has 0 bridgehead atoms. The maximum absolute atomic E-state index is 10.9. The van der Waals surface area contributed by atoms with Gasteiger partial charge in [-0.25, -0.2) is 0 Å². The molecule has 0 aliphatic rings. The predicted molar refractivity (Wildman–Crippen MR) is 81.7 cm³/mol. The van der Waals surface area contributed by atoms with Crippen LogP contribution in [0.1, 0.15) is 18.1 Å². The van der Waals surface area contributed by atoms with Gasteiger partial charge in [-0.2, -0.15) is 5.26 Å². The van der Waals surface area contributed by atoms with Gasteiger partial charge in [-0.1, -0.05) is 17.7 Å². The van der Waals surface area contributed by atoms with E-state index in [1.165, 1.54) is 6.07 Å². The number of nitrogens with zero attached hydrogens (tertiary/aromatic N) is 3. The van der Waals surface area contributed by atoms with Crippen molar-refractivity contribution in [2.45, 2.75) is 13.8 Å². The second kappa shape index (κ2) is 6.06. The first-order valence-electron chi connectivity index (χ1n) is 6.59. The lowest BCUT2D eigenvalue weighted by Gasteiger charge is -2.23. The molecule has 0 saturated carbocycles. The number of aryl methyl sites for hydroxylation is 1. The summed E-state index contributed by atoms with van der Waals surface area (Å²) in [5, 5.41) is 20.0. The zero-order valence-electron chi connectivity index (χ0n) is 11.9. The largest absolute Gasteiger partial charge is 0.342 e. The van der Waals surface area contributed by atoms with Gasteiger partial charge in [0.2, 0.25) is 0 Å². The van der Waals surface area contributed by atoms with Crippen LogP contribution in [0, 0.1) is 28.4 Å². The average Bonchev–Trinajstić information content (AvgIpc) is 2.49. The standard InChI is InChI=1S/C16H15N3O2/c1-3-18(14-6-4-12(2)5-7-14)15-8-9-16(19(20)21)13(10-15)11-17/h4-10H,3H2,1-2H3. The van der Waals surface area contributed by atoms with Gasteiger partial charge in [0.05, 0.1) is 4.92 Å². The predicted octanol–water partition coefficient (Wildman–Crippen LogP) is 3.93. The van der Waals surface area contributed by atoms with Crippen LogP contribution in [0.4, 0.5) is 17.1 Å². The monoisotopic (exact) mass is 281 g/mol. The van der Waals surface area contributed by atoms with E-state index in [1.807, 2.05) is 49.1 Å². The summed E-state index contributed by atoms with van der Waals surface area (Å²) in [6.45, 7) is 4.71. The number of benzene rings is 2. The van der Waals surface area contributed by atoms with Crippen LogP contribution in [0.5, 0.6) is 0 Å². The summed E-state index contributed by atoms with van der Waals surface area (Å²) >= 11 is 0. The van der Waals surface area contributed by atoms with Crippen LogP contribution in [-0.4, -0.2) is 11.5 Å². The van der Waals surface area contributed by atoms with Crippen molar-refractivity contribution in [2.24, 2.45) is 0 Å². The minimum Gasteiger partial charge on any atom is -0.342 e. The van der Waals surface area contributed by atoms with Crippen LogP contribution in [-0.2, 0) is 0 Å². The molecule has 5 nitrogen and oxygen atoms in total. The van der Waals surface area contributed by atoms with Gasteiger partial charge in [0.1, 0.15) is 11.6 Å². The fraction of sp³-hybridized carbons (Fsp3) is 0.188. The first-order chi connectivity index (χ1) is 10.1. The number of nitriles is 1. The number of nitro benzene ring substituents is 1. The average molecular weight is 281 g/mol. The van der Waals surface area contributed by atoms with E-state index in [2.05, 4.69) is 0 Å². The van der Waals surface area contributed by atoms with E-state index in [0.29, 0.717) is 6.54 Å². The zero-order chi connectivity index (χ0) is 15.4. The van der Waals surface area contributed by atoms with Crippen LogP contribution in [0.3, 0.4) is 0 Å². The molecule has 106 valence electrons. The highest BCUT2D eigenvalue weighted by atomic mass is 16.6. The quantitative estimate of drug-likeness (QED) is 0.628. The van der Waals surface area contributed by atoms with Crippen LogP contribution in [0.2, 0.25) is 0 Å². The molecular formula is C16H15N3O2. The summed E-state index contributed by atoms with van der Waals surface area (Å²) in [5.74, 6) is 0. The van der Waals surface area contributed by atoms with Crippen LogP contribution >= 0.6 is 0 Å². The molecule has 0 radical (unpaired) electrons. The van der Waals surface area contributed by atoms with Crippen molar-refractivity contribution in [1.82, 2.24) is 0 Å². The third kappa shape index (κ3) is 3.00. The van der Waals surface area contributed by atoms with Crippen molar-refractivity contribution in [2.75, 3.05) is 11.4 Å². The molecule has 21 heavy (non-hydrogen) atoms. The van der Waals surface area contributed by atoms with Crippen LogP contribution in [0.15, 0.2) is 42.5 Å². The number of rotatable bonds is 4. The van der Waals surface area contributed by atoms with E-state index < -0.39 is 4.92 Å². The second-order valence-electron chi connectivity index (χ2n) is 4.65. The minimum atomic E-state index is -0.537. The molecule has 0 unspecified atom stereocenters. The van der Waals surface area contributed by atoms with Crippen molar-refractivity contribution in [1.29, 1.82) is 5.26 Å². The lowest BCUT2D eigenvalue weighted by atomic mass is 10.1. The molecule has 0 heterocycles. The lowest BCUT2D eigenvalue weighted by Crippen LogP contribution is -2.16. The Labute approximate surface area is 123 Å². The Morgan fingerprint density at radius 2 is 1.81 bits per heavy atom. The number of hydrogen-bond donors (Lipinski definition) is 0. The summed E-state index contributed by atoms with van der Waals surface area (Å²) < 4.78 is 0. The van der Waals surface area contributed by atoms with E-state index >= 15 is 0 Å². The van der Waals surface area contributed by atoms with Crippen LogP contribution < -0.4 is 4.90 Å². The molecule has 0 amide bonds. The Morgan fingerprint density at radius 1 is 1.19 bits per heavy atom.